The van der Waals surface area contributed by atoms with Crippen LogP contribution in [0.5, 0.6) is 0 Å². The lowest BCUT2D eigenvalue weighted by molar-refractivity contribution is -0.172. The normalized spacial score (nSPS) is 24.2. The van der Waals surface area contributed by atoms with Crippen molar-refractivity contribution < 1.29 is 19.0 Å². The molecule has 1 atom stereocenters. The number of carbonyl (C=O) groups is 1. The number of carbonyl (C=O) groups excluding carboxylic acids is 1. The van der Waals surface area contributed by atoms with Gasteiger partial charge in [0.1, 0.15) is 12.4 Å². The fraction of sp³-hybridized carbons (Fsp3) is 0.500. The van der Waals surface area contributed by atoms with Gasteiger partial charge in [-0.2, -0.15) is 0 Å². The molecule has 1 aliphatic carbocycles. The predicted octanol–water partition coefficient (Wildman–Crippen LogP) is 2.30. The van der Waals surface area contributed by atoms with Crippen LogP contribution in [0, 0.1) is 18.2 Å². The molecule has 174 valence electrons. The predicted molar refractivity (Wildman–Crippen MR) is 120 cm³/mol. The van der Waals surface area contributed by atoms with Crippen LogP contribution in [0.4, 0.5) is 4.39 Å². The van der Waals surface area contributed by atoms with Gasteiger partial charge in [0.2, 0.25) is 0 Å². The SMILES string of the molecule is CC[C@@]1(O)C(=O)OCc2c1cc1n(c2=O)CC(C)(C)C2=c3c(c(C)c(F)c/c3=N/C1)CCC2. The number of benzene rings is 1. The van der Waals surface area contributed by atoms with E-state index in [1.165, 1.54) is 11.6 Å². The summed E-state index contributed by atoms with van der Waals surface area (Å²) < 4.78 is 21.7. The molecule has 0 fully saturated rings. The fourth-order valence-electron chi connectivity index (χ4n) is 5.72. The number of pyridine rings is 1. The summed E-state index contributed by atoms with van der Waals surface area (Å²) in [6.07, 6.45) is 2.71. The molecule has 33 heavy (non-hydrogen) atoms. The molecule has 2 aliphatic heterocycles. The van der Waals surface area contributed by atoms with Gasteiger partial charge in [0.15, 0.2) is 5.60 Å². The number of cyclic esters (lactones) is 1. The van der Waals surface area contributed by atoms with Crippen molar-refractivity contribution in [2.45, 2.75) is 78.7 Å². The lowest BCUT2D eigenvalue weighted by Gasteiger charge is -2.35. The maximum Gasteiger partial charge on any atom is 0.343 e. The van der Waals surface area contributed by atoms with Crippen molar-refractivity contribution in [1.82, 2.24) is 4.57 Å². The van der Waals surface area contributed by atoms with Gasteiger partial charge in [-0.3, -0.25) is 9.79 Å². The minimum absolute atomic E-state index is 0.0962. The molecule has 0 saturated carbocycles. The number of halogens is 1. The van der Waals surface area contributed by atoms with Gasteiger partial charge in [0.05, 0.1) is 17.5 Å². The molecule has 0 unspecified atom stereocenters. The monoisotopic (exact) mass is 452 g/mol. The van der Waals surface area contributed by atoms with Crippen molar-refractivity contribution in [3.05, 3.63) is 66.8 Å². The summed E-state index contributed by atoms with van der Waals surface area (Å²) in [5.74, 6) is -1.01. The summed E-state index contributed by atoms with van der Waals surface area (Å²) in [6.45, 7) is 8.15. The van der Waals surface area contributed by atoms with Gasteiger partial charge >= 0.3 is 5.97 Å². The van der Waals surface area contributed by atoms with Crippen LogP contribution < -0.4 is 16.1 Å². The summed E-state index contributed by atoms with van der Waals surface area (Å²) >= 11 is 0. The summed E-state index contributed by atoms with van der Waals surface area (Å²) in [5, 5.41) is 12.7. The molecule has 6 nitrogen and oxygen atoms in total. The quantitative estimate of drug-likeness (QED) is 0.674. The topological polar surface area (TPSA) is 80.9 Å². The third-order valence-electron chi connectivity index (χ3n) is 7.70. The van der Waals surface area contributed by atoms with E-state index in [0.717, 1.165) is 30.0 Å². The van der Waals surface area contributed by atoms with Crippen molar-refractivity contribution in [2.75, 3.05) is 0 Å². The second kappa shape index (κ2) is 7.35. The number of aliphatic hydroxyl groups is 1. The standard InChI is InChI=1S/C26H29FN2O4/c1-5-26(32)19-9-15-11-28-21-10-20(27)14(2)16-7-6-8-18(22(16)21)25(3,4)13-29(15)23(30)17(19)12-33-24(26)31/h9-10,32H,5-8,11-13H2,1-4H3/b28-21-/t26-/m0/s1. The Balaban J connectivity index is 1.83. The molecular formula is C26H29FN2O4. The molecule has 3 aliphatic rings. The van der Waals surface area contributed by atoms with Crippen LogP contribution in [0.1, 0.15) is 68.0 Å². The Kier molecular flexibility index (Phi) is 4.90. The molecule has 0 bridgehead atoms. The van der Waals surface area contributed by atoms with E-state index in [1.54, 1.807) is 17.6 Å². The first kappa shape index (κ1) is 22.0. The first-order valence-corrected chi connectivity index (χ1v) is 11.6. The molecule has 0 amide bonds. The van der Waals surface area contributed by atoms with Gasteiger partial charge in [-0.1, -0.05) is 26.3 Å². The largest absolute Gasteiger partial charge is 0.458 e. The third-order valence-corrected chi connectivity index (χ3v) is 7.70. The lowest BCUT2D eigenvalue weighted by Crippen LogP contribution is -2.45. The van der Waals surface area contributed by atoms with Gasteiger partial charge in [0.25, 0.3) is 5.56 Å². The van der Waals surface area contributed by atoms with Crippen molar-refractivity contribution in [1.29, 1.82) is 0 Å². The van der Waals surface area contributed by atoms with Crippen molar-refractivity contribution >= 4 is 11.5 Å². The number of nitrogens with zero attached hydrogens (tertiary/aromatic N) is 2. The van der Waals surface area contributed by atoms with E-state index in [-0.39, 0.29) is 36.4 Å². The Morgan fingerprint density at radius 3 is 2.70 bits per heavy atom. The number of hydrogen-bond donors (Lipinski definition) is 1. The first-order chi connectivity index (χ1) is 15.6. The molecule has 1 N–H and O–H groups in total. The Labute approximate surface area is 191 Å². The van der Waals surface area contributed by atoms with E-state index < -0.39 is 11.6 Å². The average Bonchev–Trinajstić information content (AvgIpc) is 2.83. The second-order valence-corrected chi connectivity index (χ2v) is 10.1. The summed E-state index contributed by atoms with van der Waals surface area (Å²) in [4.78, 5) is 30.8. The molecule has 2 aromatic rings. The van der Waals surface area contributed by atoms with Crippen molar-refractivity contribution in [3.63, 3.8) is 0 Å². The zero-order valence-corrected chi connectivity index (χ0v) is 19.5. The van der Waals surface area contributed by atoms with Gasteiger partial charge in [-0.15, -0.1) is 0 Å². The first-order valence-electron chi connectivity index (χ1n) is 11.6. The van der Waals surface area contributed by atoms with E-state index in [2.05, 4.69) is 13.8 Å². The van der Waals surface area contributed by atoms with Gasteiger partial charge < -0.3 is 14.4 Å². The van der Waals surface area contributed by atoms with Crippen LogP contribution in [0.15, 0.2) is 21.9 Å². The van der Waals surface area contributed by atoms with Crippen molar-refractivity contribution in [3.8, 4) is 0 Å². The van der Waals surface area contributed by atoms with Gasteiger partial charge in [0, 0.05) is 28.4 Å². The highest BCUT2D eigenvalue weighted by atomic mass is 19.1. The third kappa shape index (κ3) is 3.12. The Hall–Kier alpha value is -2.80. The minimum atomic E-state index is -1.86. The van der Waals surface area contributed by atoms with Crippen LogP contribution in [0.3, 0.4) is 0 Å². The highest BCUT2D eigenvalue weighted by Crippen LogP contribution is 2.37. The van der Waals surface area contributed by atoms with Gasteiger partial charge in [-0.25, -0.2) is 9.18 Å². The zero-order valence-electron chi connectivity index (χ0n) is 19.5. The molecule has 0 spiro atoms. The van der Waals surface area contributed by atoms with Gasteiger partial charge in [-0.05, 0) is 55.9 Å². The van der Waals surface area contributed by atoms with Crippen molar-refractivity contribution in [2.24, 2.45) is 10.4 Å². The van der Waals surface area contributed by atoms with E-state index in [9.17, 15) is 19.1 Å². The Bertz CT molecular complexity index is 1390. The highest BCUT2D eigenvalue weighted by Gasteiger charge is 2.45. The van der Waals surface area contributed by atoms with Crippen LogP contribution in [0.2, 0.25) is 0 Å². The van der Waals surface area contributed by atoms with E-state index in [1.807, 2.05) is 6.92 Å². The molecule has 1 aromatic carbocycles. The van der Waals surface area contributed by atoms with E-state index in [0.29, 0.717) is 34.3 Å². The number of rotatable bonds is 1. The Morgan fingerprint density at radius 1 is 1.21 bits per heavy atom. The number of hydrogen-bond acceptors (Lipinski definition) is 5. The summed E-state index contributed by atoms with van der Waals surface area (Å²) in [5.41, 5.74) is 1.58. The van der Waals surface area contributed by atoms with Crippen LogP contribution in [-0.4, -0.2) is 15.6 Å². The number of esters is 1. The summed E-state index contributed by atoms with van der Waals surface area (Å²) in [7, 11) is 0. The zero-order chi connectivity index (χ0) is 23.7. The van der Waals surface area contributed by atoms with E-state index in [4.69, 9.17) is 9.73 Å². The Morgan fingerprint density at radius 2 is 1.97 bits per heavy atom. The minimum Gasteiger partial charge on any atom is -0.458 e. The fourth-order valence-corrected chi connectivity index (χ4v) is 5.72. The van der Waals surface area contributed by atoms with Crippen LogP contribution in [-0.2, 0) is 41.2 Å². The van der Waals surface area contributed by atoms with Crippen LogP contribution >= 0.6 is 0 Å². The number of ether oxygens (including phenoxy) is 1. The van der Waals surface area contributed by atoms with Crippen LogP contribution in [0.25, 0.3) is 5.57 Å². The second-order valence-electron chi connectivity index (χ2n) is 10.1. The number of fused-ring (bicyclic) bond motifs is 2. The average molecular weight is 453 g/mol. The smallest absolute Gasteiger partial charge is 0.343 e. The molecule has 7 heteroatoms. The molecule has 0 radical (unpaired) electrons. The molecule has 1 aromatic heterocycles. The molecular weight excluding hydrogens is 423 g/mol. The maximum atomic E-state index is 14.8. The highest BCUT2D eigenvalue weighted by molar-refractivity contribution is 5.83. The molecule has 5 rings (SSSR count). The number of aromatic nitrogens is 1. The van der Waals surface area contributed by atoms with E-state index >= 15 is 0 Å². The molecule has 3 heterocycles. The molecule has 0 saturated heterocycles. The lowest BCUT2D eigenvalue weighted by atomic mass is 9.75. The summed E-state index contributed by atoms with van der Waals surface area (Å²) in [6, 6.07) is 3.22. The maximum absolute atomic E-state index is 14.8.